The molecule has 0 radical (unpaired) electrons. The molecule has 1 heterocycles. The lowest BCUT2D eigenvalue weighted by Gasteiger charge is -2.23. The van der Waals surface area contributed by atoms with Crippen LogP contribution in [0.15, 0.2) is 18.2 Å². The lowest BCUT2D eigenvalue weighted by Crippen LogP contribution is -2.47. The molecule has 1 fully saturated rings. The van der Waals surface area contributed by atoms with E-state index < -0.39 is 36.0 Å². The third-order valence-electron chi connectivity index (χ3n) is 4.31. The van der Waals surface area contributed by atoms with Gasteiger partial charge < -0.3 is 10.6 Å². The van der Waals surface area contributed by atoms with Gasteiger partial charge in [0.2, 0.25) is 5.91 Å². The van der Waals surface area contributed by atoms with E-state index in [0.29, 0.717) is 23.0 Å². The number of rotatable bonds is 6. The van der Waals surface area contributed by atoms with Gasteiger partial charge in [0.15, 0.2) is 0 Å². The molecule has 1 aliphatic rings. The highest BCUT2D eigenvalue weighted by atomic mass is 35.5. The van der Waals surface area contributed by atoms with Crippen LogP contribution in [0.1, 0.15) is 32.8 Å². The highest BCUT2D eigenvalue weighted by Crippen LogP contribution is 2.34. The largest absolute Gasteiger partial charge is 0.338 e. The molecular weight excluding hydrogens is 407 g/mol. The maximum atomic E-state index is 12.8. The van der Waals surface area contributed by atoms with Gasteiger partial charge in [0, 0.05) is 22.2 Å². The molecule has 0 bridgehead atoms. The van der Waals surface area contributed by atoms with Crippen LogP contribution >= 0.6 is 23.2 Å². The number of nitrogens with one attached hydrogen (secondary N) is 3. The van der Waals surface area contributed by atoms with Gasteiger partial charge in [-0.25, -0.2) is 9.59 Å². The van der Waals surface area contributed by atoms with Gasteiger partial charge in [-0.2, -0.15) is 0 Å². The summed E-state index contributed by atoms with van der Waals surface area (Å²) in [7, 11) is 0. The Morgan fingerprint density at radius 3 is 2.54 bits per heavy atom. The van der Waals surface area contributed by atoms with Crippen molar-refractivity contribution in [1.29, 1.82) is 0 Å². The molecule has 3 N–H and O–H groups in total. The molecule has 28 heavy (non-hydrogen) atoms. The van der Waals surface area contributed by atoms with Crippen LogP contribution < -0.4 is 16.0 Å². The van der Waals surface area contributed by atoms with Gasteiger partial charge >= 0.3 is 12.1 Å². The molecule has 0 spiro atoms. The molecule has 8 nitrogen and oxygen atoms in total. The van der Waals surface area contributed by atoms with Crippen LogP contribution in [-0.2, 0) is 15.1 Å². The monoisotopic (exact) mass is 428 g/mol. The fourth-order valence-corrected chi connectivity index (χ4v) is 3.34. The number of hydrogen-bond donors (Lipinski definition) is 3. The number of carbonyl (C=O) groups excluding carboxylic acids is 4. The Morgan fingerprint density at radius 2 is 1.93 bits per heavy atom. The van der Waals surface area contributed by atoms with Gasteiger partial charge in [-0.1, -0.05) is 43.1 Å². The van der Waals surface area contributed by atoms with Crippen LogP contribution in [0.5, 0.6) is 0 Å². The first kappa shape index (κ1) is 22.0. The number of benzene rings is 1. The Kier molecular flexibility index (Phi) is 6.90. The minimum Gasteiger partial charge on any atom is -0.338 e. The van der Waals surface area contributed by atoms with E-state index in [2.05, 4.69) is 16.0 Å². The van der Waals surface area contributed by atoms with Gasteiger partial charge in [0.05, 0.1) is 0 Å². The van der Waals surface area contributed by atoms with Crippen LogP contribution in [0.3, 0.4) is 0 Å². The zero-order valence-electron chi connectivity index (χ0n) is 15.8. The van der Waals surface area contributed by atoms with Crippen molar-refractivity contribution in [2.45, 2.75) is 32.7 Å². The highest BCUT2D eigenvalue weighted by molar-refractivity contribution is 6.35. The highest BCUT2D eigenvalue weighted by Gasteiger charge is 2.50. The summed E-state index contributed by atoms with van der Waals surface area (Å²) < 4.78 is 0. The van der Waals surface area contributed by atoms with Gasteiger partial charge in [0.25, 0.3) is 5.91 Å². The fraction of sp³-hybridized carbons (Fsp3) is 0.444. The second-order valence-corrected chi connectivity index (χ2v) is 7.90. The van der Waals surface area contributed by atoms with E-state index in [9.17, 15) is 19.2 Å². The lowest BCUT2D eigenvalue weighted by atomic mass is 9.92. The first-order chi connectivity index (χ1) is 13.0. The normalized spacial score (nSPS) is 19.0. The van der Waals surface area contributed by atoms with Crippen molar-refractivity contribution in [2.75, 3.05) is 13.1 Å². The van der Waals surface area contributed by atoms with Crippen molar-refractivity contribution in [3.8, 4) is 0 Å². The number of carbonyl (C=O) groups is 4. The van der Waals surface area contributed by atoms with Gasteiger partial charge in [-0.15, -0.1) is 0 Å². The van der Waals surface area contributed by atoms with Crippen LogP contribution in [-0.4, -0.2) is 41.9 Å². The van der Waals surface area contributed by atoms with Crippen LogP contribution in [0.25, 0.3) is 0 Å². The van der Waals surface area contributed by atoms with Crippen LogP contribution in [0.2, 0.25) is 10.0 Å². The minimum atomic E-state index is -1.45. The summed E-state index contributed by atoms with van der Waals surface area (Å²) in [5, 5.41) is 7.78. The topological polar surface area (TPSA) is 108 Å². The molecular formula is C18H22Cl2N4O4. The van der Waals surface area contributed by atoms with E-state index in [0.717, 1.165) is 11.3 Å². The zero-order chi connectivity index (χ0) is 21.1. The van der Waals surface area contributed by atoms with E-state index in [-0.39, 0.29) is 5.02 Å². The van der Waals surface area contributed by atoms with E-state index in [1.807, 2.05) is 13.8 Å². The molecule has 1 unspecified atom stereocenters. The van der Waals surface area contributed by atoms with Crippen LogP contribution in [0.4, 0.5) is 9.59 Å². The number of halogens is 2. The second kappa shape index (κ2) is 8.79. The molecule has 1 atom stereocenters. The van der Waals surface area contributed by atoms with Crippen molar-refractivity contribution in [1.82, 2.24) is 20.9 Å². The van der Waals surface area contributed by atoms with Crippen molar-refractivity contribution in [3.05, 3.63) is 33.8 Å². The maximum absolute atomic E-state index is 12.8. The minimum absolute atomic E-state index is 0.208. The molecule has 1 aliphatic heterocycles. The first-order valence-corrected chi connectivity index (χ1v) is 9.47. The zero-order valence-corrected chi connectivity index (χ0v) is 17.3. The molecule has 1 saturated heterocycles. The van der Waals surface area contributed by atoms with E-state index in [4.69, 9.17) is 23.2 Å². The lowest BCUT2D eigenvalue weighted by molar-refractivity contribution is -0.134. The summed E-state index contributed by atoms with van der Waals surface area (Å²) in [5.41, 5.74) is -1.09. The average molecular weight is 429 g/mol. The Hall–Kier alpha value is -2.32. The molecule has 1 aromatic rings. The van der Waals surface area contributed by atoms with Crippen molar-refractivity contribution in [3.63, 3.8) is 0 Å². The average Bonchev–Trinajstić information content (AvgIpc) is 2.78. The van der Waals surface area contributed by atoms with E-state index in [1.54, 1.807) is 6.07 Å². The number of nitrogens with zero attached hydrogens (tertiary/aromatic N) is 1. The molecule has 6 amide bonds. The Morgan fingerprint density at radius 1 is 1.25 bits per heavy atom. The van der Waals surface area contributed by atoms with E-state index >= 15 is 0 Å². The number of amides is 6. The molecule has 10 heteroatoms. The van der Waals surface area contributed by atoms with Gasteiger partial charge in [-0.05, 0) is 31.4 Å². The maximum Gasteiger partial charge on any atom is 0.325 e. The third kappa shape index (κ3) is 4.94. The molecule has 152 valence electrons. The number of hydrogen-bond acceptors (Lipinski definition) is 4. The quantitative estimate of drug-likeness (QED) is 0.605. The number of urea groups is 2. The summed E-state index contributed by atoms with van der Waals surface area (Å²) >= 11 is 12.0. The third-order valence-corrected chi connectivity index (χ3v) is 4.85. The Balaban J connectivity index is 2.03. The van der Waals surface area contributed by atoms with E-state index in [1.165, 1.54) is 19.1 Å². The predicted octanol–water partition coefficient (Wildman–Crippen LogP) is 2.63. The molecule has 0 aliphatic carbocycles. The van der Waals surface area contributed by atoms with Crippen molar-refractivity contribution in [2.24, 2.45) is 5.92 Å². The summed E-state index contributed by atoms with van der Waals surface area (Å²) in [6.45, 7) is 5.31. The summed E-state index contributed by atoms with van der Waals surface area (Å²) in [6, 6.07) is 3.11. The van der Waals surface area contributed by atoms with Crippen LogP contribution in [0, 0.1) is 5.92 Å². The molecule has 0 saturated carbocycles. The van der Waals surface area contributed by atoms with Gasteiger partial charge in [-0.3, -0.25) is 19.8 Å². The summed E-state index contributed by atoms with van der Waals surface area (Å²) in [6.07, 6.45) is 0.759. The molecule has 1 aromatic carbocycles. The summed E-state index contributed by atoms with van der Waals surface area (Å²) in [4.78, 5) is 49.6. The van der Waals surface area contributed by atoms with Crippen molar-refractivity contribution >= 4 is 47.1 Å². The Bertz CT molecular complexity index is 815. The standard InChI is InChI=1S/C18H22Cl2N4O4/c1-10(2)6-7-21-16(27)22-14(25)9-24-15(26)18(3,23-17(24)28)12-5-4-11(19)8-13(12)20/h4-5,8,10H,6-7,9H2,1-3H3,(H,23,28)(H2,21,22,25,27). The number of imide groups is 2. The SMILES string of the molecule is CC(C)CCNC(=O)NC(=O)CN1C(=O)NC(C)(c2ccc(Cl)cc2Cl)C1=O. The summed E-state index contributed by atoms with van der Waals surface area (Å²) in [5.74, 6) is -1.03. The first-order valence-electron chi connectivity index (χ1n) is 8.72. The second-order valence-electron chi connectivity index (χ2n) is 7.06. The fourth-order valence-electron chi connectivity index (χ4n) is 2.75. The molecule has 2 rings (SSSR count). The smallest absolute Gasteiger partial charge is 0.325 e. The van der Waals surface area contributed by atoms with Crippen molar-refractivity contribution < 1.29 is 19.2 Å². The Labute approximate surface area is 172 Å². The molecule has 0 aromatic heterocycles. The predicted molar refractivity (Wildman–Crippen MR) is 105 cm³/mol. The van der Waals surface area contributed by atoms with Gasteiger partial charge in [0.1, 0.15) is 12.1 Å².